The minimum absolute atomic E-state index is 0.0226. The molecular weight excluding hydrogens is 264 g/mol. The maximum atomic E-state index is 12.0. The van der Waals surface area contributed by atoms with E-state index in [0.29, 0.717) is 11.3 Å². The number of hydrogen-bond acceptors (Lipinski definition) is 4. The van der Waals surface area contributed by atoms with Gasteiger partial charge in [0.05, 0.1) is 11.4 Å². The van der Waals surface area contributed by atoms with Crippen LogP contribution in [-0.4, -0.2) is 57.0 Å². The molecule has 1 amide bonds. The third-order valence-corrected chi connectivity index (χ3v) is 3.21. The Morgan fingerprint density at radius 1 is 1.24 bits per heavy atom. The molecule has 0 aliphatic heterocycles. The van der Waals surface area contributed by atoms with Gasteiger partial charge in [0.1, 0.15) is 0 Å². The van der Waals surface area contributed by atoms with Gasteiger partial charge in [0.25, 0.3) is 5.91 Å². The standard InChI is InChI=1S/C16H28N4O/c1-16(2,11-19(3)4)10-18-14-9-12(7-8-13(14)17)15(21)20(5)6/h7-9,18H,10-11,17H2,1-6H3. The van der Waals surface area contributed by atoms with E-state index in [1.165, 1.54) is 0 Å². The molecule has 0 saturated carbocycles. The summed E-state index contributed by atoms with van der Waals surface area (Å²) in [6, 6.07) is 5.36. The summed E-state index contributed by atoms with van der Waals surface area (Å²) in [5.41, 5.74) is 8.22. The number of amides is 1. The zero-order valence-corrected chi connectivity index (χ0v) is 14.0. The number of nitrogens with zero attached hydrogens (tertiary/aromatic N) is 2. The van der Waals surface area contributed by atoms with E-state index in [-0.39, 0.29) is 11.3 Å². The van der Waals surface area contributed by atoms with Crippen molar-refractivity contribution in [3.05, 3.63) is 23.8 Å². The highest BCUT2D eigenvalue weighted by Crippen LogP contribution is 2.23. The van der Waals surface area contributed by atoms with Gasteiger partial charge in [0, 0.05) is 32.7 Å². The molecule has 0 aliphatic rings. The molecule has 1 rings (SSSR count). The Bertz CT molecular complexity index is 495. The van der Waals surface area contributed by atoms with E-state index in [1.807, 2.05) is 6.07 Å². The summed E-state index contributed by atoms with van der Waals surface area (Å²) in [5, 5.41) is 3.37. The van der Waals surface area contributed by atoms with E-state index < -0.39 is 0 Å². The van der Waals surface area contributed by atoms with Gasteiger partial charge in [-0.3, -0.25) is 4.79 Å². The largest absolute Gasteiger partial charge is 0.397 e. The predicted octanol–water partition coefficient (Wildman–Crippen LogP) is 1.97. The van der Waals surface area contributed by atoms with Crippen molar-refractivity contribution >= 4 is 17.3 Å². The fourth-order valence-electron chi connectivity index (χ4n) is 2.35. The number of carbonyl (C=O) groups is 1. The lowest BCUT2D eigenvalue weighted by Gasteiger charge is -2.29. The molecular formula is C16H28N4O. The molecule has 0 bridgehead atoms. The normalized spacial score (nSPS) is 11.6. The zero-order valence-electron chi connectivity index (χ0n) is 14.0. The van der Waals surface area contributed by atoms with E-state index in [2.05, 4.69) is 38.2 Å². The first-order chi connectivity index (χ1) is 9.62. The number of hydrogen-bond donors (Lipinski definition) is 2. The summed E-state index contributed by atoms with van der Waals surface area (Å²) < 4.78 is 0. The molecule has 0 aromatic heterocycles. The van der Waals surface area contributed by atoms with Crippen LogP contribution in [-0.2, 0) is 0 Å². The minimum Gasteiger partial charge on any atom is -0.397 e. The Kier molecular flexibility index (Phi) is 5.61. The van der Waals surface area contributed by atoms with Crippen LogP contribution in [0, 0.1) is 5.41 Å². The van der Waals surface area contributed by atoms with Crippen molar-refractivity contribution in [1.82, 2.24) is 9.80 Å². The van der Waals surface area contributed by atoms with Crippen molar-refractivity contribution < 1.29 is 4.79 Å². The summed E-state index contributed by atoms with van der Waals surface area (Å²) in [4.78, 5) is 15.7. The highest BCUT2D eigenvalue weighted by molar-refractivity contribution is 5.95. The smallest absolute Gasteiger partial charge is 0.253 e. The first-order valence-electron chi connectivity index (χ1n) is 7.12. The lowest BCUT2D eigenvalue weighted by Crippen LogP contribution is -2.34. The van der Waals surface area contributed by atoms with Gasteiger partial charge in [-0.15, -0.1) is 0 Å². The highest BCUT2D eigenvalue weighted by Gasteiger charge is 2.19. The van der Waals surface area contributed by atoms with E-state index in [1.54, 1.807) is 31.1 Å². The summed E-state index contributed by atoms with van der Waals surface area (Å²) in [6.07, 6.45) is 0. The predicted molar refractivity (Wildman–Crippen MR) is 89.7 cm³/mol. The molecule has 1 aromatic rings. The second kappa shape index (κ2) is 6.80. The Morgan fingerprint density at radius 2 is 1.86 bits per heavy atom. The lowest BCUT2D eigenvalue weighted by atomic mass is 9.92. The highest BCUT2D eigenvalue weighted by atomic mass is 16.2. The molecule has 5 heteroatoms. The van der Waals surface area contributed by atoms with Crippen LogP contribution in [0.1, 0.15) is 24.2 Å². The van der Waals surface area contributed by atoms with Crippen molar-refractivity contribution in [2.75, 3.05) is 52.3 Å². The molecule has 0 unspecified atom stereocenters. The molecule has 5 nitrogen and oxygen atoms in total. The zero-order chi connectivity index (χ0) is 16.2. The lowest BCUT2D eigenvalue weighted by molar-refractivity contribution is 0.0827. The topological polar surface area (TPSA) is 61.6 Å². The molecule has 0 saturated heterocycles. The van der Waals surface area contributed by atoms with Crippen LogP contribution in [0.5, 0.6) is 0 Å². The van der Waals surface area contributed by atoms with E-state index in [9.17, 15) is 4.79 Å². The van der Waals surface area contributed by atoms with Gasteiger partial charge >= 0.3 is 0 Å². The van der Waals surface area contributed by atoms with E-state index >= 15 is 0 Å². The molecule has 0 fully saturated rings. The van der Waals surface area contributed by atoms with Gasteiger partial charge in [-0.05, 0) is 37.7 Å². The maximum absolute atomic E-state index is 12.0. The third-order valence-electron chi connectivity index (χ3n) is 3.21. The Labute approximate surface area is 128 Å². The number of nitrogens with two attached hydrogens (primary N) is 1. The van der Waals surface area contributed by atoms with Crippen LogP contribution < -0.4 is 11.1 Å². The van der Waals surface area contributed by atoms with Crippen LogP contribution in [0.25, 0.3) is 0 Å². The van der Waals surface area contributed by atoms with Gasteiger partial charge in [0.2, 0.25) is 0 Å². The monoisotopic (exact) mass is 292 g/mol. The van der Waals surface area contributed by atoms with Crippen LogP contribution in [0.4, 0.5) is 11.4 Å². The number of benzene rings is 1. The SMILES string of the molecule is CN(C)CC(C)(C)CNc1cc(C(=O)N(C)C)ccc1N. The summed E-state index contributed by atoms with van der Waals surface area (Å²) >= 11 is 0. The molecule has 0 heterocycles. The van der Waals surface area contributed by atoms with E-state index in [4.69, 9.17) is 5.73 Å². The Balaban J connectivity index is 2.84. The van der Waals surface area contributed by atoms with Gasteiger partial charge < -0.3 is 20.9 Å². The molecule has 21 heavy (non-hydrogen) atoms. The second-order valence-electron chi connectivity index (χ2n) is 6.76. The first-order valence-corrected chi connectivity index (χ1v) is 7.12. The molecule has 1 aromatic carbocycles. The number of carbonyl (C=O) groups excluding carboxylic acids is 1. The molecule has 0 atom stereocenters. The van der Waals surface area contributed by atoms with Crippen LogP contribution in [0.2, 0.25) is 0 Å². The van der Waals surface area contributed by atoms with Crippen LogP contribution in [0.3, 0.4) is 0 Å². The second-order valence-corrected chi connectivity index (χ2v) is 6.76. The fourth-order valence-corrected chi connectivity index (χ4v) is 2.35. The Hall–Kier alpha value is -1.75. The number of nitrogens with one attached hydrogen (secondary N) is 1. The van der Waals surface area contributed by atoms with Crippen molar-refractivity contribution in [3.8, 4) is 0 Å². The van der Waals surface area contributed by atoms with E-state index in [0.717, 1.165) is 18.8 Å². The van der Waals surface area contributed by atoms with Crippen LogP contribution in [0.15, 0.2) is 18.2 Å². The maximum Gasteiger partial charge on any atom is 0.253 e. The summed E-state index contributed by atoms with van der Waals surface area (Å²) in [6.45, 7) is 6.15. The fraction of sp³-hybridized carbons (Fsp3) is 0.562. The van der Waals surface area contributed by atoms with Crippen LogP contribution >= 0.6 is 0 Å². The van der Waals surface area contributed by atoms with Crippen molar-refractivity contribution in [2.24, 2.45) is 5.41 Å². The first kappa shape index (κ1) is 17.3. The van der Waals surface area contributed by atoms with Gasteiger partial charge in [-0.25, -0.2) is 0 Å². The number of nitrogen functional groups attached to an aromatic ring is 1. The van der Waals surface area contributed by atoms with Gasteiger partial charge in [0.15, 0.2) is 0 Å². The summed E-state index contributed by atoms with van der Waals surface area (Å²) in [5.74, 6) is -0.0226. The molecule has 0 radical (unpaired) electrons. The molecule has 0 aliphatic carbocycles. The average molecular weight is 292 g/mol. The number of anilines is 2. The minimum atomic E-state index is -0.0226. The van der Waals surface area contributed by atoms with Crippen molar-refractivity contribution in [2.45, 2.75) is 13.8 Å². The van der Waals surface area contributed by atoms with Crippen molar-refractivity contribution in [3.63, 3.8) is 0 Å². The molecule has 118 valence electrons. The molecule has 0 spiro atoms. The molecule has 3 N–H and O–H groups in total. The average Bonchev–Trinajstić information content (AvgIpc) is 2.35. The summed E-state index contributed by atoms with van der Waals surface area (Å²) in [7, 11) is 7.61. The number of rotatable bonds is 6. The Morgan fingerprint density at radius 3 is 2.38 bits per heavy atom. The van der Waals surface area contributed by atoms with Gasteiger partial charge in [-0.1, -0.05) is 13.8 Å². The quantitative estimate of drug-likeness (QED) is 0.787. The third kappa shape index (κ3) is 5.27. The van der Waals surface area contributed by atoms with Crippen molar-refractivity contribution in [1.29, 1.82) is 0 Å². The van der Waals surface area contributed by atoms with Gasteiger partial charge in [-0.2, -0.15) is 0 Å².